The number of halogens is 1. The topological polar surface area (TPSA) is 29.3 Å². The first-order valence-corrected chi connectivity index (χ1v) is 8.41. The average Bonchev–Trinajstić information content (AvgIpc) is 2.37. The molecule has 1 aromatic rings. The van der Waals surface area contributed by atoms with Crippen molar-refractivity contribution in [2.45, 2.75) is 59.0 Å². The van der Waals surface area contributed by atoms with Crippen molar-refractivity contribution in [2.75, 3.05) is 11.9 Å². The van der Waals surface area contributed by atoms with E-state index in [-0.39, 0.29) is 6.04 Å². The van der Waals surface area contributed by atoms with Gasteiger partial charge in [-0.1, -0.05) is 26.8 Å². The number of benzene rings is 1. The maximum absolute atomic E-state index is 6.03. The minimum atomic E-state index is 0.255. The normalized spacial score (nSPS) is 14.4. The standard InChI is InChI=1S/C17H29BrN2/c1-6-15(19)10-14-7-8-17(16(18)11-14)20(5)13(4)9-12(2)3/h7-8,11-13,15H,6,9-10,19H2,1-5H3. The molecule has 2 N–H and O–H groups in total. The van der Waals surface area contributed by atoms with E-state index < -0.39 is 0 Å². The smallest absolute Gasteiger partial charge is 0.0510 e. The molecule has 0 saturated heterocycles. The lowest BCUT2D eigenvalue weighted by Crippen LogP contribution is -2.30. The fourth-order valence-corrected chi connectivity index (χ4v) is 3.19. The van der Waals surface area contributed by atoms with Gasteiger partial charge in [0.05, 0.1) is 5.69 Å². The van der Waals surface area contributed by atoms with Crippen molar-refractivity contribution in [3.8, 4) is 0 Å². The first-order chi connectivity index (χ1) is 9.35. The summed E-state index contributed by atoms with van der Waals surface area (Å²) in [4.78, 5) is 2.35. The zero-order valence-electron chi connectivity index (χ0n) is 13.5. The Hall–Kier alpha value is -0.540. The molecule has 2 atom stereocenters. The van der Waals surface area contributed by atoms with Crippen LogP contribution in [0.25, 0.3) is 0 Å². The molecule has 2 nitrogen and oxygen atoms in total. The van der Waals surface area contributed by atoms with E-state index in [0.717, 1.165) is 17.3 Å². The second-order valence-corrected chi connectivity index (χ2v) is 7.10. The van der Waals surface area contributed by atoms with Crippen molar-refractivity contribution < 1.29 is 0 Å². The Bertz CT molecular complexity index is 417. The molecule has 0 saturated carbocycles. The Morgan fingerprint density at radius 2 is 1.90 bits per heavy atom. The second kappa shape index (κ2) is 8.04. The third kappa shape index (κ3) is 5.10. The third-order valence-electron chi connectivity index (χ3n) is 3.89. The first-order valence-electron chi connectivity index (χ1n) is 7.62. The van der Waals surface area contributed by atoms with Crippen LogP contribution in [0.5, 0.6) is 0 Å². The molecular weight excluding hydrogens is 312 g/mol. The Labute approximate surface area is 132 Å². The maximum atomic E-state index is 6.03. The fraction of sp³-hybridized carbons (Fsp3) is 0.647. The van der Waals surface area contributed by atoms with Gasteiger partial charge in [-0.15, -0.1) is 0 Å². The van der Waals surface area contributed by atoms with E-state index in [2.05, 4.69) is 73.8 Å². The number of rotatable bonds is 7. The number of hydrogen-bond donors (Lipinski definition) is 1. The molecule has 0 aliphatic rings. The zero-order valence-corrected chi connectivity index (χ0v) is 15.1. The summed E-state index contributed by atoms with van der Waals surface area (Å²) in [6.07, 6.45) is 3.16. The van der Waals surface area contributed by atoms with Gasteiger partial charge in [0.2, 0.25) is 0 Å². The number of anilines is 1. The van der Waals surface area contributed by atoms with E-state index in [4.69, 9.17) is 5.73 Å². The summed E-state index contributed by atoms with van der Waals surface area (Å²) in [5, 5.41) is 0. The number of nitrogens with zero attached hydrogens (tertiary/aromatic N) is 1. The van der Waals surface area contributed by atoms with Gasteiger partial charge in [-0.25, -0.2) is 0 Å². The van der Waals surface area contributed by atoms with Crippen LogP contribution in [0, 0.1) is 5.92 Å². The Morgan fingerprint density at radius 1 is 1.25 bits per heavy atom. The van der Waals surface area contributed by atoms with Crippen molar-refractivity contribution in [1.29, 1.82) is 0 Å². The summed E-state index contributed by atoms with van der Waals surface area (Å²) in [6.45, 7) is 8.96. The minimum absolute atomic E-state index is 0.255. The summed E-state index contributed by atoms with van der Waals surface area (Å²) in [6, 6.07) is 7.41. The molecule has 0 spiro atoms. The predicted molar refractivity (Wildman–Crippen MR) is 93.4 cm³/mol. The summed E-state index contributed by atoms with van der Waals surface area (Å²) in [5.74, 6) is 0.716. The van der Waals surface area contributed by atoms with E-state index in [0.29, 0.717) is 12.0 Å². The van der Waals surface area contributed by atoms with Gasteiger partial charge in [0.25, 0.3) is 0 Å². The molecular formula is C17H29BrN2. The zero-order chi connectivity index (χ0) is 15.3. The van der Waals surface area contributed by atoms with Crippen molar-refractivity contribution in [2.24, 2.45) is 11.7 Å². The fourth-order valence-electron chi connectivity index (χ4n) is 2.49. The molecule has 0 radical (unpaired) electrons. The predicted octanol–water partition coefficient (Wildman–Crippen LogP) is 4.60. The van der Waals surface area contributed by atoms with Crippen molar-refractivity contribution in [3.63, 3.8) is 0 Å². The Morgan fingerprint density at radius 3 is 2.40 bits per heavy atom. The van der Waals surface area contributed by atoms with Crippen LogP contribution in [-0.4, -0.2) is 19.1 Å². The van der Waals surface area contributed by atoms with E-state index in [1.807, 2.05) is 0 Å². The van der Waals surface area contributed by atoms with Crippen LogP contribution < -0.4 is 10.6 Å². The first kappa shape index (κ1) is 17.5. The Kier molecular flexibility index (Phi) is 7.04. The molecule has 0 fully saturated rings. The van der Waals surface area contributed by atoms with Crippen molar-refractivity contribution in [1.82, 2.24) is 0 Å². The van der Waals surface area contributed by atoms with Crippen molar-refractivity contribution in [3.05, 3.63) is 28.2 Å². The molecule has 0 bridgehead atoms. The largest absolute Gasteiger partial charge is 0.371 e. The molecule has 0 heterocycles. The summed E-state index contributed by atoms with van der Waals surface area (Å²) >= 11 is 3.71. The highest BCUT2D eigenvalue weighted by atomic mass is 79.9. The van der Waals surface area contributed by atoms with E-state index in [9.17, 15) is 0 Å². The molecule has 0 aliphatic carbocycles. The van der Waals surface area contributed by atoms with Crippen molar-refractivity contribution >= 4 is 21.6 Å². The lowest BCUT2D eigenvalue weighted by atomic mass is 10.0. The van der Waals surface area contributed by atoms with Gasteiger partial charge in [-0.2, -0.15) is 0 Å². The second-order valence-electron chi connectivity index (χ2n) is 6.25. The quantitative estimate of drug-likeness (QED) is 0.785. The molecule has 20 heavy (non-hydrogen) atoms. The molecule has 1 aromatic carbocycles. The van der Waals surface area contributed by atoms with Crippen LogP contribution in [0.1, 0.15) is 46.1 Å². The van der Waals surface area contributed by atoms with Crippen LogP contribution in [-0.2, 0) is 6.42 Å². The van der Waals surface area contributed by atoms with Gasteiger partial charge in [0, 0.05) is 23.6 Å². The molecule has 2 unspecified atom stereocenters. The van der Waals surface area contributed by atoms with Gasteiger partial charge in [0.1, 0.15) is 0 Å². The highest BCUT2D eigenvalue weighted by Gasteiger charge is 2.14. The Balaban J connectivity index is 2.81. The van der Waals surface area contributed by atoms with Crippen LogP contribution in [0.15, 0.2) is 22.7 Å². The molecule has 0 aliphatic heterocycles. The molecule has 0 aromatic heterocycles. The van der Waals surface area contributed by atoms with Gasteiger partial charge in [0.15, 0.2) is 0 Å². The SMILES string of the molecule is CCC(N)Cc1ccc(N(C)C(C)CC(C)C)c(Br)c1. The van der Waals surface area contributed by atoms with Gasteiger partial charge < -0.3 is 10.6 Å². The summed E-state index contributed by atoms with van der Waals surface area (Å²) in [5.41, 5.74) is 8.59. The highest BCUT2D eigenvalue weighted by molar-refractivity contribution is 9.10. The molecule has 3 heteroatoms. The van der Waals surface area contributed by atoms with Crippen LogP contribution >= 0.6 is 15.9 Å². The van der Waals surface area contributed by atoms with E-state index in [1.165, 1.54) is 17.7 Å². The van der Waals surface area contributed by atoms with Gasteiger partial charge in [-0.05, 0) is 65.7 Å². The van der Waals surface area contributed by atoms with E-state index in [1.54, 1.807) is 0 Å². The minimum Gasteiger partial charge on any atom is -0.371 e. The third-order valence-corrected chi connectivity index (χ3v) is 4.52. The molecule has 1 rings (SSSR count). The van der Waals surface area contributed by atoms with Crippen LogP contribution in [0.2, 0.25) is 0 Å². The van der Waals surface area contributed by atoms with Crippen LogP contribution in [0.3, 0.4) is 0 Å². The summed E-state index contributed by atoms with van der Waals surface area (Å²) in [7, 11) is 2.17. The lowest BCUT2D eigenvalue weighted by molar-refractivity contribution is 0.504. The lowest BCUT2D eigenvalue weighted by Gasteiger charge is -2.29. The molecule has 114 valence electrons. The highest BCUT2D eigenvalue weighted by Crippen LogP contribution is 2.29. The van der Waals surface area contributed by atoms with E-state index >= 15 is 0 Å². The molecule has 0 amide bonds. The van der Waals surface area contributed by atoms with Crippen LogP contribution in [0.4, 0.5) is 5.69 Å². The number of nitrogens with two attached hydrogens (primary N) is 1. The van der Waals surface area contributed by atoms with Gasteiger partial charge >= 0.3 is 0 Å². The van der Waals surface area contributed by atoms with Gasteiger partial charge in [-0.3, -0.25) is 0 Å². The number of hydrogen-bond acceptors (Lipinski definition) is 2. The summed E-state index contributed by atoms with van der Waals surface area (Å²) < 4.78 is 1.16. The average molecular weight is 341 g/mol. The monoisotopic (exact) mass is 340 g/mol. The maximum Gasteiger partial charge on any atom is 0.0510 e.